The molecule has 0 aromatic rings. The van der Waals surface area contributed by atoms with Crippen molar-refractivity contribution in [3.05, 3.63) is 0 Å². The molecule has 0 unspecified atom stereocenters. The van der Waals surface area contributed by atoms with Crippen LogP contribution in [-0.2, 0) is 14.3 Å². The van der Waals surface area contributed by atoms with Gasteiger partial charge in [0.2, 0.25) is 5.24 Å². The van der Waals surface area contributed by atoms with Crippen LogP contribution in [0.25, 0.3) is 0 Å². The van der Waals surface area contributed by atoms with Gasteiger partial charge in [0, 0.05) is 6.42 Å². The van der Waals surface area contributed by atoms with Crippen LogP contribution in [-0.4, -0.2) is 18.3 Å². The largest absolute Gasteiger partial charge is 0.469 e. The SMILES string of the molecule is COC(=O)[C@@H](C)CCC(=O)Cl. The molecule has 0 saturated carbocycles. The number of hydrogen-bond acceptors (Lipinski definition) is 3. The molecule has 0 aliphatic carbocycles. The lowest BCUT2D eigenvalue weighted by molar-refractivity contribution is -0.145. The smallest absolute Gasteiger partial charge is 0.308 e. The summed E-state index contributed by atoms with van der Waals surface area (Å²) in [5, 5.41) is -0.416. The van der Waals surface area contributed by atoms with E-state index in [1.54, 1.807) is 6.92 Å². The monoisotopic (exact) mass is 178 g/mol. The molecule has 0 bridgehead atoms. The average Bonchev–Trinajstić information content (AvgIpc) is 1.98. The van der Waals surface area contributed by atoms with E-state index in [-0.39, 0.29) is 18.3 Å². The molecule has 0 heterocycles. The van der Waals surface area contributed by atoms with Crippen LogP contribution in [0.4, 0.5) is 0 Å². The highest BCUT2D eigenvalue weighted by Gasteiger charge is 2.13. The molecule has 0 fully saturated rings. The molecule has 0 aliphatic heterocycles. The van der Waals surface area contributed by atoms with Crippen molar-refractivity contribution in [2.45, 2.75) is 19.8 Å². The highest BCUT2D eigenvalue weighted by molar-refractivity contribution is 6.63. The third-order valence-electron chi connectivity index (χ3n) is 1.38. The summed E-state index contributed by atoms with van der Waals surface area (Å²) in [7, 11) is 1.32. The number of esters is 1. The molecule has 0 spiro atoms. The van der Waals surface area contributed by atoms with Gasteiger partial charge in [0.25, 0.3) is 0 Å². The molecule has 0 amide bonds. The molecule has 1 atom stereocenters. The number of ether oxygens (including phenoxy) is 1. The van der Waals surface area contributed by atoms with Gasteiger partial charge in [-0.05, 0) is 18.0 Å². The van der Waals surface area contributed by atoms with E-state index in [2.05, 4.69) is 4.74 Å². The molecule has 0 aromatic carbocycles. The lowest BCUT2D eigenvalue weighted by Gasteiger charge is -2.05. The summed E-state index contributed by atoms with van der Waals surface area (Å²) in [5.74, 6) is -0.550. The van der Waals surface area contributed by atoms with Crippen molar-refractivity contribution < 1.29 is 14.3 Å². The van der Waals surface area contributed by atoms with Crippen LogP contribution in [0.5, 0.6) is 0 Å². The molecule has 0 N–H and O–H groups in total. The predicted molar refractivity (Wildman–Crippen MR) is 41.3 cm³/mol. The molecule has 11 heavy (non-hydrogen) atoms. The molecular formula is C7H11ClO3. The number of carbonyl (C=O) groups is 2. The van der Waals surface area contributed by atoms with Gasteiger partial charge in [-0.2, -0.15) is 0 Å². The van der Waals surface area contributed by atoms with Crippen molar-refractivity contribution in [1.29, 1.82) is 0 Å². The first-order valence-corrected chi connectivity index (χ1v) is 3.72. The fraction of sp³-hybridized carbons (Fsp3) is 0.714. The van der Waals surface area contributed by atoms with Crippen LogP contribution in [0.2, 0.25) is 0 Å². The number of halogens is 1. The zero-order valence-electron chi connectivity index (χ0n) is 6.59. The van der Waals surface area contributed by atoms with Crippen LogP contribution in [0.1, 0.15) is 19.8 Å². The van der Waals surface area contributed by atoms with Gasteiger partial charge in [-0.1, -0.05) is 6.92 Å². The minimum atomic E-state index is -0.416. The van der Waals surface area contributed by atoms with Crippen molar-refractivity contribution in [2.24, 2.45) is 5.92 Å². The average molecular weight is 179 g/mol. The van der Waals surface area contributed by atoms with E-state index >= 15 is 0 Å². The topological polar surface area (TPSA) is 43.4 Å². The zero-order valence-corrected chi connectivity index (χ0v) is 7.35. The standard InChI is InChI=1S/C7H11ClO3/c1-5(7(10)11-2)3-4-6(8)9/h5H,3-4H2,1-2H3/t5-/m0/s1. The first kappa shape index (κ1) is 10.4. The lowest BCUT2D eigenvalue weighted by Crippen LogP contribution is -2.13. The minimum Gasteiger partial charge on any atom is -0.469 e. The van der Waals surface area contributed by atoms with E-state index in [0.717, 1.165) is 0 Å². The molecule has 64 valence electrons. The Morgan fingerprint density at radius 2 is 2.09 bits per heavy atom. The van der Waals surface area contributed by atoms with Gasteiger partial charge in [0.1, 0.15) is 0 Å². The second-order valence-electron chi connectivity index (χ2n) is 2.32. The number of rotatable bonds is 4. The molecule has 0 radical (unpaired) electrons. The molecule has 4 heteroatoms. The highest BCUT2D eigenvalue weighted by Crippen LogP contribution is 2.08. The summed E-state index contributed by atoms with van der Waals surface area (Å²) >= 11 is 5.08. The third kappa shape index (κ3) is 4.79. The van der Waals surface area contributed by atoms with Crippen molar-refractivity contribution in [3.8, 4) is 0 Å². The molecule has 0 saturated heterocycles. The zero-order chi connectivity index (χ0) is 8.85. The minimum absolute atomic E-state index is 0.220. The molecule has 0 rings (SSSR count). The van der Waals surface area contributed by atoms with Gasteiger partial charge in [0.15, 0.2) is 0 Å². The number of carbonyl (C=O) groups excluding carboxylic acids is 2. The van der Waals surface area contributed by atoms with E-state index in [4.69, 9.17) is 11.6 Å². The normalized spacial score (nSPS) is 12.3. The van der Waals surface area contributed by atoms with Crippen LogP contribution in [0, 0.1) is 5.92 Å². The van der Waals surface area contributed by atoms with Crippen molar-refractivity contribution in [2.75, 3.05) is 7.11 Å². The van der Waals surface area contributed by atoms with Gasteiger partial charge in [-0.15, -0.1) is 0 Å². The molecule has 0 aromatic heterocycles. The van der Waals surface area contributed by atoms with Gasteiger partial charge in [-0.25, -0.2) is 0 Å². The second kappa shape index (κ2) is 5.13. The van der Waals surface area contributed by atoms with Crippen LogP contribution in [0.3, 0.4) is 0 Å². The summed E-state index contributed by atoms with van der Waals surface area (Å²) in [4.78, 5) is 21.0. The summed E-state index contributed by atoms with van der Waals surface area (Å²) in [6, 6.07) is 0. The Hall–Kier alpha value is -0.570. The summed E-state index contributed by atoms with van der Waals surface area (Å²) in [5.41, 5.74) is 0. The van der Waals surface area contributed by atoms with E-state index < -0.39 is 5.24 Å². The van der Waals surface area contributed by atoms with Crippen LogP contribution < -0.4 is 0 Å². The summed E-state index contributed by atoms with van der Waals surface area (Å²) in [6.07, 6.45) is 0.673. The second-order valence-corrected chi connectivity index (χ2v) is 2.74. The fourth-order valence-electron chi connectivity index (χ4n) is 0.649. The molecular weight excluding hydrogens is 168 g/mol. The predicted octanol–water partition coefficient (Wildman–Crippen LogP) is 1.34. The van der Waals surface area contributed by atoms with Gasteiger partial charge in [-0.3, -0.25) is 9.59 Å². The Labute approximate surface area is 70.7 Å². The Balaban J connectivity index is 3.60. The first-order chi connectivity index (χ1) is 5.07. The van der Waals surface area contributed by atoms with E-state index in [9.17, 15) is 9.59 Å². The van der Waals surface area contributed by atoms with Gasteiger partial charge < -0.3 is 4.74 Å². The maximum Gasteiger partial charge on any atom is 0.308 e. The van der Waals surface area contributed by atoms with Gasteiger partial charge >= 0.3 is 5.97 Å². The first-order valence-electron chi connectivity index (χ1n) is 3.34. The van der Waals surface area contributed by atoms with Crippen molar-refractivity contribution in [3.63, 3.8) is 0 Å². The third-order valence-corrected chi connectivity index (χ3v) is 1.57. The van der Waals surface area contributed by atoms with E-state index in [1.807, 2.05) is 0 Å². The van der Waals surface area contributed by atoms with Crippen molar-refractivity contribution in [1.82, 2.24) is 0 Å². The maximum absolute atomic E-state index is 10.7. The Kier molecular flexibility index (Phi) is 4.86. The Morgan fingerprint density at radius 3 is 2.45 bits per heavy atom. The Morgan fingerprint density at radius 1 is 1.55 bits per heavy atom. The summed E-state index contributed by atoms with van der Waals surface area (Å²) in [6.45, 7) is 1.70. The number of hydrogen-bond donors (Lipinski definition) is 0. The van der Waals surface area contributed by atoms with Crippen LogP contribution in [0.15, 0.2) is 0 Å². The quantitative estimate of drug-likeness (QED) is 0.482. The Bertz CT molecular complexity index is 156. The molecule has 0 aliphatic rings. The lowest BCUT2D eigenvalue weighted by atomic mass is 10.1. The highest BCUT2D eigenvalue weighted by atomic mass is 35.5. The van der Waals surface area contributed by atoms with Gasteiger partial charge in [0.05, 0.1) is 13.0 Å². The maximum atomic E-state index is 10.7. The van der Waals surface area contributed by atoms with Crippen LogP contribution >= 0.6 is 11.6 Å². The molecule has 3 nitrogen and oxygen atoms in total. The fourth-order valence-corrected chi connectivity index (χ4v) is 0.758. The van der Waals surface area contributed by atoms with E-state index in [1.165, 1.54) is 7.11 Å². The van der Waals surface area contributed by atoms with E-state index in [0.29, 0.717) is 6.42 Å². The summed E-state index contributed by atoms with van der Waals surface area (Å²) < 4.78 is 4.45. The van der Waals surface area contributed by atoms with Crippen molar-refractivity contribution >= 4 is 22.8 Å². The number of methoxy groups -OCH3 is 1.